The molecule has 1 aromatic heterocycles. The molecule has 2 rings (SSSR count). The van der Waals surface area contributed by atoms with Crippen LogP contribution in [0.25, 0.3) is 0 Å². The second kappa shape index (κ2) is 8.18. The molecule has 2 N–H and O–H groups in total. The van der Waals surface area contributed by atoms with Gasteiger partial charge >= 0.3 is 0 Å². The van der Waals surface area contributed by atoms with Crippen molar-refractivity contribution in [1.29, 1.82) is 0 Å². The van der Waals surface area contributed by atoms with Crippen molar-refractivity contribution in [3.63, 3.8) is 0 Å². The van der Waals surface area contributed by atoms with Crippen LogP contribution in [0.15, 0.2) is 12.1 Å². The second-order valence-electron chi connectivity index (χ2n) is 5.45. The van der Waals surface area contributed by atoms with Gasteiger partial charge in [0.15, 0.2) is 0 Å². The molecule has 0 spiro atoms. The third kappa shape index (κ3) is 5.16. The third-order valence-electron chi connectivity index (χ3n) is 3.50. The van der Waals surface area contributed by atoms with Gasteiger partial charge in [0.1, 0.15) is 6.61 Å². The lowest BCUT2D eigenvalue weighted by molar-refractivity contribution is 0.0949. The van der Waals surface area contributed by atoms with E-state index in [4.69, 9.17) is 5.11 Å². The van der Waals surface area contributed by atoms with Crippen molar-refractivity contribution in [2.75, 3.05) is 32.8 Å². The van der Waals surface area contributed by atoms with Gasteiger partial charge in [-0.25, -0.2) is 0 Å². The minimum Gasteiger partial charge on any atom is -0.384 e. The van der Waals surface area contributed by atoms with Crippen LogP contribution in [-0.4, -0.2) is 48.7 Å². The first-order chi connectivity index (χ1) is 10.2. The van der Waals surface area contributed by atoms with Gasteiger partial charge in [-0.3, -0.25) is 4.79 Å². The van der Waals surface area contributed by atoms with Crippen LogP contribution in [0.4, 0.5) is 0 Å². The maximum absolute atomic E-state index is 12.1. The number of nitrogens with zero attached hydrogens (tertiary/aromatic N) is 1. The fourth-order valence-electron chi connectivity index (χ4n) is 2.48. The highest BCUT2D eigenvalue weighted by Gasteiger charge is 2.15. The normalized spacial score (nSPS) is 16.3. The lowest BCUT2D eigenvalue weighted by atomic mass is 10.1. The fraction of sp³-hybridized carbons (Fsp3) is 0.562. The molecule has 0 aliphatic carbocycles. The summed E-state index contributed by atoms with van der Waals surface area (Å²) in [6, 6.07) is 3.60. The predicted molar refractivity (Wildman–Crippen MR) is 85.5 cm³/mol. The molecule has 0 bridgehead atoms. The molecule has 21 heavy (non-hydrogen) atoms. The van der Waals surface area contributed by atoms with Crippen molar-refractivity contribution in [2.24, 2.45) is 5.92 Å². The summed E-state index contributed by atoms with van der Waals surface area (Å²) in [6.45, 7) is 6.15. The molecule has 5 heteroatoms. The van der Waals surface area contributed by atoms with E-state index >= 15 is 0 Å². The molecule has 1 amide bonds. The Morgan fingerprint density at radius 2 is 2.24 bits per heavy atom. The van der Waals surface area contributed by atoms with Crippen molar-refractivity contribution >= 4 is 17.2 Å². The van der Waals surface area contributed by atoms with Gasteiger partial charge in [-0.05, 0) is 44.0 Å². The van der Waals surface area contributed by atoms with E-state index in [-0.39, 0.29) is 12.5 Å². The van der Waals surface area contributed by atoms with E-state index in [1.807, 2.05) is 6.07 Å². The van der Waals surface area contributed by atoms with E-state index in [9.17, 15) is 4.79 Å². The van der Waals surface area contributed by atoms with Gasteiger partial charge in [0.2, 0.25) is 0 Å². The molecule has 0 saturated carbocycles. The highest BCUT2D eigenvalue weighted by Crippen LogP contribution is 2.15. The van der Waals surface area contributed by atoms with Crippen LogP contribution >= 0.6 is 11.3 Å². The molecule has 114 valence electrons. The number of carbonyl (C=O) groups excluding carboxylic acids is 1. The summed E-state index contributed by atoms with van der Waals surface area (Å²) in [7, 11) is 0. The molecule has 1 aromatic rings. The summed E-state index contributed by atoms with van der Waals surface area (Å²) in [5.74, 6) is 5.82. The summed E-state index contributed by atoms with van der Waals surface area (Å²) in [4.78, 5) is 16.0. The summed E-state index contributed by atoms with van der Waals surface area (Å²) in [5, 5.41) is 11.6. The molecule has 2 heterocycles. The highest BCUT2D eigenvalue weighted by molar-refractivity contribution is 7.14. The predicted octanol–water partition coefficient (Wildman–Crippen LogP) is 1.55. The molecule has 4 nitrogen and oxygen atoms in total. The molecule has 1 fully saturated rings. The van der Waals surface area contributed by atoms with Gasteiger partial charge in [0.25, 0.3) is 5.91 Å². The number of hydrogen-bond donors (Lipinski definition) is 2. The zero-order chi connectivity index (χ0) is 15.1. The van der Waals surface area contributed by atoms with Crippen molar-refractivity contribution in [1.82, 2.24) is 10.2 Å². The van der Waals surface area contributed by atoms with Gasteiger partial charge in [0.05, 0.1) is 9.75 Å². The van der Waals surface area contributed by atoms with Gasteiger partial charge in [-0.1, -0.05) is 18.8 Å². The zero-order valence-electron chi connectivity index (χ0n) is 12.4. The van der Waals surface area contributed by atoms with Crippen LogP contribution in [0.1, 0.15) is 34.3 Å². The largest absolute Gasteiger partial charge is 0.384 e. The molecule has 1 aliphatic rings. The lowest BCUT2D eigenvalue weighted by Crippen LogP contribution is -2.34. The first-order valence-electron chi connectivity index (χ1n) is 7.39. The summed E-state index contributed by atoms with van der Waals surface area (Å²) >= 11 is 1.36. The Morgan fingerprint density at radius 1 is 1.48 bits per heavy atom. The Kier molecular flexibility index (Phi) is 6.24. The summed E-state index contributed by atoms with van der Waals surface area (Å²) in [5.41, 5.74) is 0. The number of likely N-dealkylation sites (tertiary alicyclic amines) is 1. The van der Waals surface area contributed by atoms with Crippen molar-refractivity contribution in [3.05, 3.63) is 21.9 Å². The van der Waals surface area contributed by atoms with Crippen LogP contribution in [0.2, 0.25) is 0 Å². The Morgan fingerprint density at radius 3 is 2.95 bits per heavy atom. The average Bonchev–Trinajstić information content (AvgIpc) is 3.14. The van der Waals surface area contributed by atoms with Gasteiger partial charge < -0.3 is 15.3 Å². The number of aliphatic hydroxyl groups is 1. The maximum Gasteiger partial charge on any atom is 0.261 e. The standard InChI is InChI=1S/C16H22N2O2S/c1-13(12-18-8-2-3-9-18)11-17-16(20)15-7-6-14(21-15)5-4-10-19/h6-7,13,19H,2-3,8-12H2,1H3,(H,17,20). The molecular formula is C16H22N2O2S. The Labute approximate surface area is 130 Å². The first kappa shape index (κ1) is 16.0. The van der Waals surface area contributed by atoms with Crippen molar-refractivity contribution < 1.29 is 9.90 Å². The van der Waals surface area contributed by atoms with E-state index in [2.05, 4.69) is 29.0 Å². The van der Waals surface area contributed by atoms with Gasteiger partial charge in [0, 0.05) is 13.1 Å². The maximum atomic E-state index is 12.1. The van der Waals surface area contributed by atoms with Crippen molar-refractivity contribution in [2.45, 2.75) is 19.8 Å². The minimum absolute atomic E-state index is 0.0367. The average molecular weight is 306 g/mol. The Hall–Kier alpha value is -1.35. The number of nitrogens with one attached hydrogen (secondary N) is 1. The SMILES string of the molecule is CC(CNC(=O)c1ccc(C#CCO)s1)CN1CCCC1. The van der Waals surface area contributed by atoms with E-state index in [0.717, 1.165) is 11.4 Å². The number of hydrogen-bond acceptors (Lipinski definition) is 4. The smallest absolute Gasteiger partial charge is 0.261 e. The molecule has 1 aliphatic heterocycles. The van der Waals surface area contributed by atoms with Gasteiger partial charge in [-0.15, -0.1) is 11.3 Å². The van der Waals surface area contributed by atoms with Crippen LogP contribution in [-0.2, 0) is 0 Å². The lowest BCUT2D eigenvalue weighted by Gasteiger charge is -2.20. The number of aliphatic hydroxyl groups excluding tert-OH is 1. The second-order valence-corrected chi connectivity index (χ2v) is 6.53. The van der Waals surface area contributed by atoms with Gasteiger partial charge in [-0.2, -0.15) is 0 Å². The molecule has 0 radical (unpaired) electrons. The van der Waals surface area contributed by atoms with Crippen molar-refractivity contribution in [3.8, 4) is 11.8 Å². The molecule has 1 unspecified atom stereocenters. The van der Waals surface area contributed by atoms with Crippen LogP contribution in [0, 0.1) is 17.8 Å². The fourth-order valence-corrected chi connectivity index (χ4v) is 3.28. The molecule has 0 aromatic carbocycles. The summed E-state index contributed by atoms with van der Waals surface area (Å²) in [6.07, 6.45) is 2.60. The van der Waals surface area contributed by atoms with Crippen LogP contribution < -0.4 is 5.32 Å². The molecule has 1 saturated heterocycles. The molecular weight excluding hydrogens is 284 g/mol. The number of rotatable bonds is 5. The van der Waals surface area contributed by atoms with Crippen LogP contribution in [0.3, 0.4) is 0 Å². The third-order valence-corrected chi connectivity index (χ3v) is 4.50. The van der Waals surface area contributed by atoms with E-state index in [1.165, 1.54) is 37.3 Å². The number of thiophene rings is 1. The quantitative estimate of drug-likeness (QED) is 0.812. The van der Waals surface area contributed by atoms with E-state index in [1.54, 1.807) is 6.07 Å². The minimum atomic E-state index is -0.159. The topological polar surface area (TPSA) is 52.6 Å². The van der Waals surface area contributed by atoms with Crippen LogP contribution in [0.5, 0.6) is 0 Å². The van der Waals surface area contributed by atoms with E-state index in [0.29, 0.717) is 17.3 Å². The number of amides is 1. The number of carbonyl (C=O) groups is 1. The monoisotopic (exact) mass is 306 g/mol. The highest BCUT2D eigenvalue weighted by atomic mass is 32.1. The van der Waals surface area contributed by atoms with E-state index < -0.39 is 0 Å². The Bertz CT molecular complexity index is 524. The Balaban J connectivity index is 1.76. The zero-order valence-corrected chi connectivity index (χ0v) is 13.2. The first-order valence-corrected chi connectivity index (χ1v) is 8.21. The molecule has 1 atom stereocenters. The summed E-state index contributed by atoms with van der Waals surface area (Å²) < 4.78 is 0.